The molecule has 4 nitrogen and oxygen atoms in total. The van der Waals surface area contributed by atoms with E-state index in [1.807, 2.05) is 43.3 Å². The number of anilines is 1. The number of nitrogens with one attached hydrogen (secondary N) is 1. The zero-order valence-corrected chi connectivity index (χ0v) is 12.1. The Morgan fingerprint density at radius 2 is 2.00 bits per heavy atom. The zero-order chi connectivity index (χ0) is 14.6. The number of benzene rings is 1. The molecule has 1 amide bonds. The van der Waals surface area contributed by atoms with Gasteiger partial charge in [0.15, 0.2) is 0 Å². The lowest BCUT2D eigenvalue weighted by Crippen LogP contribution is -2.30. The SMILES string of the molecule is CN(C)c1ccc(/C=C/C(=O)NCC2(CO)CC2)cc1. The van der Waals surface area contributed by atoms with E-state index in [1.165, 1.54) is 6.08 Å². The van der Waals surface area contributed by atoms with Crippen molar-refractivity contribution in [3.63, 3.8) is 0 Å². The minimum atomic E-state index is -0.110. The molecule has 0 heterocycles. The highest BCUT2D eigenvalue weighted by Gasteiger charge is 2.41. The van der Waals surface area contributed by atoms with Crippen molar-refractivity contribution in [2.24, 2.45) is 5.41 Å². The standard InChI is InChI=1S/C16H22N2O2/c1-18(2)14-6-3-13(4-7-14)5-8-15(20)17-11-16(12-19)9-10-16/h3-8,19H,9-12H2,1-2H3,(H,17,20)/b8-5+. The van der Waals surface area contributed by atoms with Crippen molar-refractivity contribution in [3.8, 4) is 0 Å². The van der Waals surface area contributed by atoms with E-state index in [0.29, 0.717) is 6.54 Å². The van der Waals surface area contributed by atoms with Gasteiger partial charge in [0.05, 0.1) is 6.61 Å². The number of hydrogen-bond donors (Lipinski definition) is 2. The molecule has 0 radical (unpaired) electrons. The molecule has 0 atom stereocenters. The van der Waals surface area contributed by atoms with Crippen LogP contribution in [0.15, 0.2) is 30.3 Å². The van der Waals surface area contributed by atoms with Gasteiger partial charge in [-0.25, -0.2) is 0 Å². The second-order valence-electron chi connectivity index (χ2n) is 5.70. The number of aliphatic hydroxyl groups is 1. The third-order valence-electron chi connectivity index (χ3n) is 3.77. The second-order valence-corrected chi connectivity index (χ2v) is 5.70. The van der Waals surface area contributed by atoms with Gasteiger partial charge in [-0.05, 0) is 36.6 Å². The maximum absolute atomic E-state index is 11.7. The quantitative estimate of drug-likeness (QED) is 0.776. The fraction of sp³-hybridized carbons (Fsp3) is 0.438. The van der Waals surface area contributed by atoms with E-state index in [0.717, 1.165) is 24.1 Å². The summed E-state index contributed by atoms with van der Waals surface area (Å²) in [4.78, 5) is 13.7. The Kier molecular flexibility index (Phi) is 4.45. The fourth-order valence-corrected chi connectivity index (χ4v) is 1.96. The van der Waals surface area contributed by atoms with E-state index < -0.39 is 0 Å². The van der Waals surface area contributed by atoms with Crippen LogP contribution in [0.5, 0.6) is 0 Å². The van der Waals surface area contributed by atoms with Gasteiger partial charge in [0.2, 0.25) is 5.91 Å². The number of aliphatic hydroxyl groups excluding tert-OH is 1. The van der Waals surface area contributed by atoms with Crippen LogP contribution >= 0.6 is 0 Å². The zero-order valence-electron chi connectivity index (χ0n) is 12.1. The van der Waals surface area contributed by atoms with E-state index in [-0.39, 0.29) is 17.9 Å². The number of carbonyl (C=O) groups excluding carboxylic acids is 1. The topological polar surface area (TPSA) is 52.6 Å². The summed E-state index contributed by atoms with van der Waals surface area (Å²) in [6.07, 6.45) is 5.34. The molecule has 2 rings (SSSR count). The minimum Gasteiger partial charge on any atom is -0.396 e. The number of rotatable bonds is 6. The van der Waals surface area contributed by atoms with Crippen molar-refractivity contribution < 1.29 is 9.90 Å². The predicted octanol–water partition coefficient (Wildman–Crippen LogP) is 1.65. The van der Waals surface area contributed by atoms with Gasteiger partial charge >= 0.3 is 0 Å². The molecule has 0 aliphatic heterocycles. The molecule has 0 aromatic heterocycles. The Balaban J connectivity index is 1.84. The minimum absolute atomic E-state index is 0.0448. The lowest BCUT2D eigenvalue weighted by atomic mass is 10.1. The monoisotopic (exact) mass is 274 g/mol. The summed E-state index contributed by atoms with van der Waals surface area (Å²) in [5, 5.41) is 12.0. The Bertz CT molecular complexity index is 488. The van der Waals surface area contributed by atoms with Gasteiger partial charge in [-0.15, -0.1) is 0 Å². The van der Waals surface area contributed by atoms with Crippen LogP contribution in [0.1, 0.15) is 18.4 Å². The molecular formula is C16H22N2O2. The first kappa shape index (κ1) is 14.6. The van der Waals surface area contributed by atoms with Crippen molar-refractivity contribution in [2.75, 3.05) is 32.1 Å². The lowest BCUT2D eigenvalue weighted by molar-refractivity contribution is -0.116. The van der Waals surface area contributed by atoms with Crippen LogP contribution in [0.2, 0.25) is 0 Å². The van der Waals surface area contributed by atoms with Crippen LogP contribution < -0.4 is 10.2 Å². The molecule has 108 valence electrons. The van der Waals surface area contributed by atoms with Crippen molar-refractivity contribution in [1.29, 1.82) is 0 Å². The number of carbonyl (C=O) groups is 1. The molecule has 20 heavy (non-hydrogen) atoms. The lowest BCUT2D eigenvalue weighted by Gasteiger charge is -2.12. The highest BCUT2D eigenvalue weighted by molar-refractivity contribution is 5.91. The molecule has 1 aromatic carbocycles. The maximum atomic E-state index is 11.7. The molecule has 1 aromatic rings. The maximum Gasteiger partial charge on any atom is 0.244 e. The molecular weight excluding hydrogens is 252 g/mol. The number of amides is 1. The first-order chi connectivity index (χ1) is 9.54. The second kappa shape index (κ2) is 6.09. The van der Waals surface area contributed by atoms with Gasteiger partial charge in [0.1, 0.15) is 0 Å². The van der Waals surface area contributed by atoms with Gasteiger partial charge < -0.3 is 15.3 Å². The Morgan fingerprint density at radius 1 is 1.35 bits per heavy atom. The van der Waals surface area contributed by atoms with Gasteiger partial charge in [0, 0.05) is 37.8 Å². The molecule has 1 aliphatic rings. The molecule has 0 saturated heterocycles. The predicted molar refractivity (Wildman–Crippen MR) is 81.6 cm³/mol. The fourth-order valence-electron chi connectivity index (χ4n) is 1.96. The highest BCUT2D eigenvalue weighted by Crippen LogP contribution is 2.44. The smallest absolute Gasteiger partial charge is 0.244 e. The van der Waals surface area contributed by atoms with E-state index in [1.54, 1.807) is 6.08 Å². The van der Waals surface area contributed by atoms with Crippen LogP contribution in [-0.4, -0.2) is 38.3 Å². The van der Waals surface area contributed by atoms with Crippen LogP contribution in [0.3, 0.4) is 0 Å². The summed E-state index contributed by atoms with van der Waals surface area (Å²) in [6.45, 7) is 0.717. The van der Waals surface area contributed by atoms with E-state index >= 15 is 0 Å². The Labute approximate surface area is 120 Å². The summed E-state index contributed by atoms with van der Waals surface area (Å²) in [7, 11) is 3.99. The van der Waals surface area contributed by atoms with Gasteiger partial charge in [-0.1, -0.05) is 12.1 Å². The normalized spacial score (nSPS) is 16.1. The molecule has 1 saturated carbocycles. The molecule has 0 unspecified atom stereocenters. The van der Waals surface area contributed by atoms with Crippen LogP contribution in [0.25, 0.3) is 6.08 Å². The molecule has 1 fully saturated rings. The molecule has 4 heteroatoms. The van der Waals surface area contributed by atoms with Crippen molar-refractivity contribution >= 4 is 17.7 Å². The Hall–Kier alpha value is -1.81. The average molecular weight is 274 g/mol. The summed E-state index contributed by atoms with van der Waals surface area (Å²) in [5.74, 6) is -0.110. The van der Waals surface area contributed by atoms with Crippen LogP contribution in [-0.2, 0) is 4.79 Å². The number of nitrogens with zero attached hydrogens (tertiary/aromatic N) is 1. The van der Waals surface area contributed by atoms with Crippen LogP contribution in [0.4, 0.5) is 5.69 Å². The Morgan fingerprint density at radius 3 is 2.50 bits per heavy atom. The third-order valence-corrected chi connectivity index (χ3v) is 3.77. The third kappa shape index (κ3) is 3.84. The highest BCUT2D eigenvalue weighted by atomic mass is 16.3. The largest absolute Gasteiger partial charge is 0.396 e. The summed E-state index contributed by atoms with van der Waals surface area (Å²) >= 11 is 0. The van der Waals surface area contributed by atoms with Crippen LogP contribution in [0, 0.1) is 5.41 Å². The molecule has 0 bridgehead atoms. The molecule has 0 spiro atoms. The van der Waals surface area contributed by atoms with Gasteiger partial charge in [-0.2, -0.15) is 0 Å². The summed E-state index contributed by atoms with van der Waals surface area (Å²) in [5.41, 5.74) is 2.08. The van der Waals surface area contributed by atoms with Crippen molar-refractivity contribution in [2.45, 2.75) is 12.8 Å². The molecule has 2 N–H and O–H groups in total. The van der Waals surface area contributed by atoms with E-state index in [4.69, 9.17) is 0 Å². The van der Waals surface area contributed by atoms with Gasteiger partial charge in [-0.3, -0.25) is 4.79 Å². The average Bonchev–Trinajstić information content (AvgIpc) is 3.24. The van der Waals surface area contributed by atoms with E-state index in [2.05, 4.69) is 5.32 Å². The summed E-state index contributed by atoms with van der Waals surface area (Å²) < 4.78 is 0. The first-order valence-electron chi connectivity index (χ1n) is 6.89. The van der Waals surface area contributed by atoms with Crippen molar-refractivity contribution in [3.05, 3.63) is 35.9 Å². The summed E-state index contributed by atoms with van der Waals surface area (Å²) in [6, 6.07) is 8.00. The van der Waals surface area contributed by atoms with E-state index in [9.17, 15) is 9.90 Å². The van der Waals surface area contributed by atoms with Crippen molar-refractivity contribution in [1.82, 2.24) is 5.32 Å². The number of hydrogen-bond acceptors (Lipinski definition) is 3. The molecule has 1 aliphatic carbocycles. The first-order valence-corrected chi connectivity index (χ1v) is 6.89. The van der Waals surface area contributed by atoms with Gasteiger partial charge in [0.25, 0.3) is 0 Å².